The number of halogens is 3. The molecule has 2 heterocycles. The Morgan fingerprint density at radius 2 is 2.07 bits per heavy atom. The Bertz CT molecular complexity index is 700. The first kappa shape index (κ1) is 22.9. The summed E-state index contributed by atoms with van der Waals surface area (Å²) in [6, 6.07) is 6.02. The van der Waals surface area contributed by atoms with Crippen molar-refractivity contribution >= 4 is 46.4 Å². The maximum absolute atomic E-state index is 12.6. The van der Waals surface area contributed by atoms with Gasteiger partial charge in [-0.25, -0.2) is 0 Å². The minimum atomic E-state index is -1.87. The Morgan fingerprint density at radius 3 is 2.79 bits per heavy atom. The first-order valence-corrected chi connectivity index (χ1v) is 10.9. The van der Waals surface area contributed by atoms with Crippen LogP contribution in [0, 0.1) is 11.1 Å². The summed E-state index contributed by atoms with van der Waals surface area (Å²) in [4.78, 5) is 15.1. The van der Waals surface area contributed by atoms with E-state index in [1.807, 2.05) is 0 Å². The Hall–Kier alpha value is -0.800. The molecule has 0 spiro atoms. The second kappa shape index (κ2) is 10.0. The van der Waals surface area contributed by atoms with Crippen molar-refractivity contribution in [2.75, 3.05) is 24.9 Å². The number of carbonyl (C=O) groups excluding carboxylic acids is 1. The van der Waals surface area contributed by atoms with E-state index in [0.717, 1.165) is 32.4 Å². The fraction of sp³-hybridized carbons (Fsp3) is 0.632. The molecule has 1 aromatic carbocycles. The summed E-state index contributed by atoms with van der Waals surface area (Å²) >= 11 is 18.2. The molecule has 2 N–H and O–H groups in total. The standard InChI is InChI=1S/C19H25Cl3N3O4/c20-19(21,22)18(23-17(26)13-5-3-7-15(11-13)25(27)28)29-12-14-6-4-10-24-9-2-1-8-16(14)24/h3,5,7,11,14,16,18,27H,1-2,4,6,8-10,12H2,(H,23,26)/q-1/t14-,16-,18-/m1/s1. The van der Waals surface area contributed by atoms with E-state index in [1.165, 1.54) is 37.1 Å². The van der Waals surface area contributed by atoms with E-state index in [9.17, 15) is 10.0 Å². The average Bonchev–Trinajstić information content (AvgIpc) is 2.70. The number of benzene rings is 1. The van der Waals surface area contributed by atoms with Gasteiger partial charge in [-0.2, -0.15) is 0 Å². The molecule has 1 aromatic rings. The Kier molecular flexibility index (Phi) is 7.89. The van der Waals surface area contributed by atoms with E-state index >= 15 is 0 Å². The molecule has 2 aliphatic heterocycles. The highest BCUT2D eigenvalue weighted by Gasteiger charge is 2.38. The molecule has 3 atom stereocenters. The number of anilines is 1. The van der Waals surface area contributed by atoms with E-state index in [2.05, 4.69) is 10.2 Å². The average molecular weight is 466 g/mol. The van der Waals surface area contributed by atoms with Gasteiger partial charge in [-0.15, -0.1) is 0 Å². The van der Waals surface area contributed by atoms with Gasteiger partial charge in [-0.05, 0) is 62.9 Å². The zero-order valence-electron chi connectivity index (χ0n) is 15.9. The highest BCUT2D eigenvalue weighted by atomic mass is 35.6. The molecule has 10 heteroatoms. The Labute approximate surface area is 185 Å². The number of carbonyl (C=O) groups is 1. The molecule has 0 saturated carbocycles. The number of hydrogen-bond donors (Lipinski definition) is 2. The third-order valence-electron chi connectivity index (χ3n) is 5.59. The number of ether oxygens (including phenoxy) is 1. The van der Waals surface area contributed by atoms with Crippen LogP contribution in [0.1, 0.15) is 42.5 Å². The number of rotatable bonds is 6. The highest BCUT2D eigenvalue weighted by molar-refractivity contribution is 6.68. The third kappa shape index (κ3) is 6.10. The van der Waals surface area contributed by atoms with Gasteiger partial charge < -0.3 is 25.4 Å². The summed E-state index contributed by atoms with van der Waals surface area (Å²) in [5.74, 6) is -0.254. The zero-order chi connectivity index (χ0) is 21.0. The Balaban J connectivity index is 1.64. The number of piperidine rings is 2. The quantitative estimate of drug-likeness (QED) is 0.374. The molecule has 0 bridgehead atoms. The normalized spacial score (nSPS) is 23.9. The lowest BCUT2D eigenvalue weighted by atomic mass is 9.84. The predicted octanol–water partition coefficient (Wildman–Crippen LogP) is 4.09. The fourth-order valence-corrected chi connectivity index (χ4v) is 4.53. The van der Waals surface area contributed by atoms with E-state index in [4.69, 9.17) is 44.7 Å². The smallest absolute Gasteiger partial charge is 0.253 e. The molecule has 0 unspecified atom stereocenters. The SMILES string of the molecule is O=C(N[C@H](OC[C@H]1CCCN2CCCC[C@H]12)C(Cl)(Cl)Cl)c1cccc(N([O-])O)c1. The van der Waals surface area contributed by atoms with E-state index in [1.54, 1.807) is 0 Å². The Morgan fingerprint density at radius 1 is 1.31 bits per heavy atom. The zero-order valence-corrected chi connectivity index (χ0v) is 18.2. The molecule has 1 amide bonds. The van der Waals surface area contributed by atoms with Gasteiger partial charge >= 0.3 is 0 Å². The number of amides is 1. The summed E-state index contributed by atoms with van der Waals surface area (Å²) in [6.07, 6.45) is 4.57. The third-order valence-corrected chi connectivity index (χ3v) is 6.19. The molecule has 2 aliphatic rings. The summed E-state index contributed by atoms with van der Waals surface area (Å²) in [5, 5.41) is 22.3. The molecule has 162 valence electrons. The highest BCUT2D eigenvalue weighted by Crippen LogP contribution is 2.34. The molecule has 0 aliphatic carbocycles. The second-order valence-corrected chi connectivity index (χ2v) is 9.92. The lowest BCUT2D eigenvalue weighted by Gasteiger charge is -2.44. The van der Waals surface area contributed by atoms with Crippen molar-refractivity contribution in [3.63, 3.8) is 0 Å². The summed E-state index contributed by atoms with van der Waals surface area (Å²) < 4.78 is 4.02. The number of nitrogens with zero attached hydrogens (tertiary/aromatic N) is 2. The topological polar surface area (TPSA) is 88.1 Å². The van der Waals surface area contributed by atoms with Crippen LogP contribution in [0.25, 0.3) is 0 Å². The van der Waals surface area contributed by atoms with Crippen LogP contribution in [0.3, 0.4) is 0 Å². The van der Waals surface area contributed by atoms with Gasteiger partial charge in [0.05, 0.1) is 12.3 Å². The molecule has 7 nitrogen and oxygen atoms in total. The van der Waals surface area contributed by atoms with Crippen LogP contribution in [0.4, 0.5) is 5.69 Å². The van der Waals surface area contributed by atoms with Gasteiger partial charge in [0.2, 0.25) is 3.79 Å². The van der Waals surface area contributed by atoms with Crippen LogP contribution < -0.4 is 10.5 Å². The number of fused-ring (bicyclic) bond motifs is 1. The second-order valence-electron chi connectivity index (χ2n) is 7.55. The largest absolute Gasteiger partial charge is 0.733 e. The monoisotopic (exact) mass is 464 g/mol. The van der Waals surface area contributed by atoms with Gasteiger partial charge in [0.25, 0.3) is 5.91 Å². The molecule has 2 saturated heterocycles. The van der Waals surface area contributed by atoms with Crippen molar-refractivity contribution in [3.8, 4) is 0 Å². The predicted molar refractivity (Wildman–Crippen MR) is 114 cm³/mol. The van der Waals surface area contributed by atoms with Crippen molar-refractivity contribution in [3.05, 3.63) is 35.0 Å². The van der Waals surface area contributed by atoms with E-state index < -0.39 is 15.9 Å². The van der Waals surface area contributed by atoms with Gasteiger partial charge in [0, 0.05) is 11.6 Å². The summed E-state index contributed by atoms with van der Waals surface area (Å²) in [5.41, 5.74) is 0.0555. The van der Waals surface area contributed by atoms with Crippen molar-refractivity contribution in [1.29, 1.82) is 0 Å². The van der Waals surface area contributed by atoms with Crippen molar-refractivity contribution < 1.29 is 14.7 Å². The van der Waals surface area contributed by atoms with E-state index in [-0.39, 0.29) is 16.5 Å². The molecule has 0 radical (unpaired) electrons. The van der Waals surface area contributed by atoms with Crippen molar-refractivity contribution in [2.45, 2.75) is 48.2 Å². The molecule has 29 heavy (non-hydrogen) atoms. The van der Waals surface area contributed by atoms with Crippen molar-refractivity contribution in [1.82, 2.24) is 10.2 Å². The maximum Gasteiger partial charge on any atom is 0.253 e. The van der Waals surface area contributed by atoms with Gasteiger partial charge in [0.15, 0.2) is 6.23 Å². The van der Waals surface area contributed by atoms with Gasteiger partial charge in [-0.1, -0.05) is 47.3 Å². The minimum absolute atomic E-state index is 0.0800. The molecular weight excluding hydrogens is 441 g/mol. The summed E-state index contributed by atoms with van der Waals surface area (Å²) in [6.45, 7) is 2.61. The minimum Gasteiger partial charge on any atom is -0.733 e. The van der Waals surface area contributed by atoms with Gasteiger partial charge in [-0.3, -0.25) is 10.0 Å². The molecule has 3 rings (SSSR count). The fourth-order valence-electron chi connectivity index (χ4n) is 4.18. The van der Waals surface area contributed by atoms with Crippen LogP contribution in [-0.4, -0.2) is 51.8 Å². The van der Waals surface area contributed by atoms with Crippen LogP contribution in [0.2, 0.25) is 0 Å². The number of nitrogens with one attached hydrogen (secondary N) is 1. The lowest BCUT2D eigenvalue weighted by Crippen LogP contribution is -2.51. The molecule has 0 aromatic heterocycles. The van der Waals surface area contributed by atoms with Crippen LogP contribution in [-0.2, 0) is 4.74 Å². The van der Waals surface area contributed by atoms with Crippen LogP contribution >= 0.6 is 34.8 Å². The molecule has 2 fully saturated rings. The first-order valence-electron chi connectivity index (χ1n) is 9.75. The first-order chi connectivity index (χ1) is 13.8. The van der Waals surface area contributed by atoms with Crippen LogP contribution in [0.15, 0.2) is 24.3 Å². The molecular formula is C19H25Cl3N3O4-. The van der Waals surface area contributed by atoms with E-state index in [0.29, 0.717) is 18.6 Å². The van der Waals surface area contributed by atoms with Crippen LogP contribution in [0.5, 0.6) is 0 Å². The lowest BCUT2D eigenvalue weighted by molar-refractivity contribution is -0.0325. The van der Waals surface area contributed by atoms with Crippen molar-refractivity contribution in [2.24, 2.45) is 5.92 Å². The number of hydrogen-bond acceptors (Lipinski definition) is 6. The number of alkyl halides is 3. The summed E-state index contributed by atoms with van der Waals surface area (Å²) in [7, 11) is 0. The van der Waals surface area contributed by atoms with Gasteiger partial charge in [0.1, 0.15) is 0 Å². The maximum atomic E-state index is 12.6.